The molecule has 0 saturated carbocycles. The molecule has 0 amide bonds. The summed E-state index contributed by atoms with van der Waals surface area (Å²) in [4.78, 5) is 0. The quantitative estimate of drug-likeness (QED) is 0.409. The number of nitrogens with one attached hydrogen (secondary N) is 1. The summed E-state index contributed by atoms with van der Waals surface area (Å²) < 4.78 is 51.7. The van der Waals surface area contributed by atoms with Crippen LogP contribution in [-0.2, 0) is 21.2 Å². The van der Waals surface area contributed by atoms with Gasteiger partial charge in [-0.25, -0.2) is 17.5 Å². The van der Waals surface area contributed by atoms with Gasteiger partial charge in [0.25, 0.3) is 10.0 Å². The molecular formula is C27H28FN5O3S. The molecule has 4 aromatic rings. The van der Waals surface area contributed by atoms with Crippen molar-refractivity contribution in [2.45, 2.75) is 50.5 Å². The monoisotopic (exact) mass is 521 g/mol. The zero-order chi connectivity index (χ0) is 26.4. The number of nitrogens with zero attached hydrogens (tertiary/aromatic N) is 4. The van der Waals surface area contributed by atoms with E-state index in [1.807, 2.05) is 48.5 Å². The molecule has 2 heterocycles. The van der Waals surface area contributed by atoms with E-state index in [4.69, 9.17) is 4.74 Å². The smallest absolute Gasteiger partial charge is 0.301 e. The fourth-order valence-corrected chi connectivity index (χ4v) is 6.06. The highest BCUT2D eigenvalue weighted by molar-refractivity contribution is 7.91. The third kappa shape index (κ3) is 4.35. The van der Waals surface area contributed by atoms with Gasteiger partial charge in [-0.15, -0.1) is 9.50 Å². The molecule has 2 atom stereocenters. The van der Waals surface area contributed by atoms with Gasteiger partial charge in [0, 0.05) is 5.56 Å². The molecule has 1 N–H and O–H groups in total. The Morgan fingerprint density at radius 3 is 2.38 bits per heavy atom. The number of ether oxygens (including phenoxy) is 1. The molecule has 0 bridgehead atoms. The first-order valence-electron chi connectivity index (χ1n) is 11.9. The van der Waals surface area contributed by atoms with E-state index in [0.29, 0.717) is 5.56 Å². The van der Waals surface area contributed by atoms with Crippen molar-refractivity contribution < 1.29 is 17.5 Å². The Morgan fingerprint density at radius 2 is 1.68 bits per heavy atom. The molecule has 1 aliphatic rings. The van der Waals surface area contributed by atoms with Gasteiger partial charge in [-0.05, 0) is 70.0 Å². The first-order valence-corrected chi connectivity index (χ1v) is 13.4. The predicted octanol–water partition coefficient (Wildman–Crippen LogP) is 4.71. The lowest BCUT2D eigenvalue weighted by molar-refractivity contribution is 0.0411. The summed E-state index contributed by atoms with van der Waals surface area (Å²) >= 11 is 0. The average Bonchev–Trinajstić information content (AvgIpc) is 3.27. The van der Waals surface area contributed by atoms with Crippen molar-refractivity contribution in [2.75, 3.05) is 0 Å². The summed E-state index contributed by atoms with van der Waals surface area (Å²) in [7, 11) is -4.02. The maximum absolute atomic E-state index is 14.2. The molecule has 0 aliphatic carbocycles. The number of para-hydroxylation sites is 1. The molecule has 8 nitrogen and oxygen atoms in total. The number of hydrogen-bond donors (Lipinski definition) is 1. The lowest BCUT2D eigenvalue weighted by atomic mass is 9.85. The van der Waals surface area contributed by atoms with Crippen molar-refractivity contribution in [3.63, 3.8) is 0 Å². The van der Waals surface area contributed by atoms with Crippen LogP contribution in [0, 0.1) is 5.82 Å². The maximum Gasteiger partial charge on any atom is 0.301 e. The van der Waals surface area contributed by atoms with E-state index >= 15 is 0 Å². The minimum Gasteiger partial charge on any atom is -0.457 e. The second-order valence-corrected chi connectivity index (χ2v) is 12.0. The summed E-state index contributed by atoms with van der Waals surface area (Å²) in [6, 6.07) is 20.8. The van der Waals surface area contributed by atoms with Gasteiger partial charge in [-0.3, -0.25) is 0 Å². The van der Waals surface area contributed by atoms with Crippen LogP contribution in [0.4, 0.5) is 4.39 Å². The highest BCUT2D eigenvalue weighted by Crippen LogP contribution is 2.41. The van der Waals surface area contributed by atoms with Crippen LogP contribution in [-0.4, -0.2) is 39.8 Å². The van der Waals surface area contributed by atoms with Crippen molar-refractivity contribution in [3.05, 3.63) is 89.7 Å². The van der Waals surface area contributed by atoms with Gasteiger partial charge in [0.2, 0.25) is 0 Å². The fraction of sp³-hybridized carbons (Fsp3) is 0.296. The van der Waals surface area contributed by atoms with E-state index in [0.717, 1.165) is 22.3 Å². The van der Waals surface area contributed by atoms with Crippen LogP contribution >= 0.6 is 0 Å². The second-order valence-electron chi connectivity index (χ2n) is 9.94. The molecule has 0 spiro atoms. The Bertz CT molecular complexity index is 1600. The molecular weight excluding hydrogens is 493 g/mol. The van der Waals surface area contributed by atoms with E-state index in [9.17, 15) is 12.8 Å². The van der Waals surface area contributed by atoms with E-state index < -0.39 is 32.2 Å². The lowest BCUT2D eigenvalue weighted by Crippen LogP contribution is -2.61. The third-order valence-corrected chi connectivity index (χ3v) is 9.36. The third-order valence-electron chi connectivity index (χ3n) is 7.18. The Morgan fingerprint density at radius 1 is 1.00 bits per heavy atom. The van der Waals surface area contributed by atoms with Gasteiger partial charge in [0.05, 0.1) is 17.2 Å². The summed E-state index contributed by atoms with van der Waals surface area (Å²) in [5, 5.41) is 11.3. The van der Waals surface area contributed by atoms with Crippen LogP contribution in [0.3, 0.4) is 0 Å². The molecule has 1 unspecified atom stereocenters. The molecule has 0 fully saturated rings. The van der Waals surface area contributed by atoms with E-state index in [-0.39, 0.29) is 12.4 Å². The fourth-order valence-electron chi connectivity index (χ4n) is 4.54. The molecule has 192 valence electrons. The number of hydrogen-bond acceptors (Lipinski definition) is 6. The number of fused-ring (bicyclic) bond motifs is 1. The summed E-state index contributed by atoms with van der Waals surface area (Å²) in [6.07, 6.45) is 0.181. The molecule has 0 saturated heterocycles. The summed E-state index contributed by atoms with van der Waals surface area (Å²) in [6.45, 7) is 6.81. The van der Waals surface area contributed by atoms with Gasteiger partial charge in [-0.2, -0.15) is 0 Å². The molecule has 37 heavy (non-hydrogen) atoms. The van der Waals surface area contributed by atoms with Crippen molar-refractivity contribution in [1.82, 2.24) is 20.3 Å². The molecule has 0 radical (unpaired) electrons. The SMILES string of the molecule is C[C@H](NC1=NS(=O)(=O)C(C)(Cc2ccc(-n3nnc4ccccc43)cc2)C(C)(C)O1)c1ccccc1F. The number of aromatic nitrogens is 3. The average molecular weight is 522 g/mol. The molecule has 3 aromatic carbocycles. The molecule has 1 aliphatic heterocycles. The highest BCUT2D eigenvalue weighted by Gasteiger charge is 2.57. The van der Waals surface area contributed by atoms with Gasteiger partial charge in [0.15, 0.2) is 0 Å². The minimum atomic E-state index is -4.02. The van der Waals surface area contributed by atoms with Crippen molar-refractivity contribution in [2.24, 2.45) is 4.40 Å². The van der Waals surface area contributed by atoms with Crippen molar-refractivity contribution >= 4 is 27.1 Å². The van der Waals surface area contributed by atoms with Gasteiger partial charge in [0.1, 0.15) is 21.7 Å². The molecule has 1 aromatic heterocycles. The van der Waals surface area contributed by atoms with Crippen LogP contribution in [0.5, 0.6) is 0 Å². The number of sulfonamides is 1. The number of benzene rings is 3. The Kier molecular flexibility index (Phi) is 6.02. The number of halogens is 1. The van der Waals surface area contributed by atoms with Crippen LogP contribution in [0.2, 0.25) is 0 Å². The number of rotatable bonds is 5. The largest absolute Gasteiger partial charge is 0.457 e. The number of amidine groups is 1. The Labute approximate surface area is 215 Å². The zero-order valence-electron chi connectivity index (χ0n) is 21.0. The Hall–Kier alpha value is -3.79. The molecule has 10 heteroatoms. The van der Waals surface area contributed by atoms with Crippen LogP contribution in [0.1, 0.15) is 44.9 Å². The first kappa shape index (κ1) is 24.9. The predicted molar refractivity (Wildman–Crippen MR) is 140 cm³/mol. The molecule has 5 rings (SSSR count). The lowest BCUT2D eigenvalue weighted by Gasteiger charge is -2.45. The second kappa shape index (κ2) is 8.95. The Balaban J connectivity index is 1.40. The van der Waals surface area contributed by atoms with Crippen LogP contribution in [0.15, 0.2) is 77.2 Å². The summed E-state index contributed by atoms with van der Waals surface area (Å²) in [5.74, 6) is -0.395. The minimum absolute atomic E-state index is 0.147. The summed E-state index contributed by atoms with van der Waals surface area (Å²) in [5.41, 5.74) is 2.55. The first-order chi connectivity index (χ1) is 17.5. The topological polar surface area (TPSA) is 98.5 Å². The zero-order valence-corrected chi connectivity index (χ0v) is 21.8. The standard InChI is InChI=1S/C27H28FN5O3S/c1-18(21-9-5-6-10-22(21)28)29-25-31-37(34,35)27(4,26(2,3)36-25)17-19-13-15-20(16-14-19)33-24-12-8-7-11-23(24)30-32-33/h5-16,18H,17H2,1-4H3,(H,29,31)/t18-,27?/m0/s1. The highest BCUT2D eigenvalue weighted by atomic mass is 32.2. The van der Waals surface area contributed by atoms with Crippen LogP contribution < -0.4 is 5.32 Å². The van der Waals surface area contributed by atoms with Crippen LogP contribution in [0.25, 0.3) is 16.7 Å². The van der Waals surface area contributed by atoms with E-state index in [1.54, 1.807) is 50.6 Å². The van der Waals surface area contributed by atoms with Gasteiger partial charge in [-0.1, -0.05) is 47.7 Å². The van der Waals surface area contributed by atoms with Crippen molar-refractivity contribution in [3.8, 4) is 5.69 Å². The maximum atomic E-state index is 14.2. The normalized spacial score (nSPS) is 21.2. The van der Waals surface area contributed by atoms with Gasteiger partial charge < -0.3 is 10.1 Å². The van der Waals surface area contributed by atoms with E-state index in [2.05, 4.69) is 20.0 Å². The van der Waals surface area contributed by atoms with Crippen molar-refractivity contribution in [1.29, 1.82) is 0 Å². The van der Waals surface area contributed by atoms with Gasteiger partial charge >= 0.3 is 6.02 Å². The van der Waals surface area contributed by atoms with E-state index in [1.165, 1.54) is 6.07 Å².